The molecule has 0 saturated carbocycles. The van der Waals surface area contributed by atoms with E-state index < -0.39 is 27.8 Å². The number of hydrogen-bond donors (Lipinski definition) is 2. The van der Waals surface area contributed by atoms with Gasteiger partial charge in [-0.1, -0.05) is 12.1 Å². The van der Waals surface area contributed by atoms with Gasteiger partial charge in [0.2, 0.25) is 0 Å². The molecule has 31 heavy (non-hydrogen) atoms. The lowest BCUT2D eigenvalue weighted by molar-refractivity contribution is -0.174. The number of nitrogens with one attached hydrogen (secondary N) is 2. The van der Waals surface area contributed by atoms with E-state index in [9.17, 15) is 36.0 Å². The highest BCUT2D eigenvalue weighted by atomic mass is 32.2. The third-order valence-electron chi connectivity index (χ3n) is 4.60. The Balaban J connectivity index is 2.00. The lowest BCUT2D eigenvalue weighted by atomic mass is 10.1. The van der Waals surface area contributed by atoms with Gasteiger partial charge in [0, 0.05) is 31.2 Å². The fraction of sp³-hybridized carbons (Fsp3) is 0.500. The monoisotopic (exact) mass is 464 g/mol. The van der Waals surface area contributed by atoms with Gasteiger partial charge >= 0.3 is 18.1 Å². The van der Waals surface area contributed by atoms with E-state index in [1.54, 1.807) is 10.3 Å². The number of hydrogen-bond acceptors (Lipinski definition) is 5. The molecule has 0 radical (unpaired) electrons. The Hall–Kier alpha value is -2.83. The molecule has 13 heteroatoms. The van der Waals surface area contributed by atoms with Gasteiger partial charge in [-0.05, 0) is 31.5 Å². The van der Waals surface area contributed by atoms with Crippen LogP contribution < -0.4 is 10.9 Å². The van der Waals surface area contributed by atoms with Crippen molar-refractivity contribution in [1.82, 2.24) is 20.7 Å². The van der Waals surface area contributed by atoms with E-state index in [1.165, 1.54) is 34.6 Å². The minimum Gasteiger partial charge on any atom is -0.323 e. The number of rotatable bonds is 4. The Morgan fingerprint density at radius 2 is 1.61 bits per heavy atom. The Morgan fingerprint density at radius 1 is 1.06 bits per heavy atom. The van der Waals surface area contributed by atoms with Crippen LogP contribution in [-0.4, -0.2) is 72.9 Å². The first-order valence-electron chi connectivity index (χ1n) is 9.32. The van der Waals surface area contributed by atoms with Crippen molar-refractivity contribution in [2.75, 3.05) is 24.6 Å². The zero-order chi connectivity index (χ0) is 23.4. The van der Waals surface area contributed by atoms with Crippen LogP contribution in [0, 0.1) is 0 Å². The molecule has 2 rings (SSSR count). The molecule has 4 amide bonds. The van der Waals surface area contributed by atoms with Crippen LogP contribution in [0.5, 0.6) is 0 Å². The largest absolute Gasteiger partial charge is 0.472 e. The molecule has 0 bridgehead atoms. The first-order valence-corrected chi connectivity index (χ1v) is 11.1. The summed E-state index contributed by atoms with van der Waals surface area (Å²) in [5, 5.41) is 0. The minimum absolute atomic E-state index is 0.00915. The summed E-state index contributed by atoms with van der Waals surface area (Å²) in [4.78, 5) is 38.5. The van der Waals surface area contributed by atoms with Gasteiger partial charge in [-0.2, -0.15) is 13.2 Å². The number of halogens is 3. The number of hydrazine groups is 1. The standard InChI is InChI=1S/C18H23F3N4O5S/c1-12(2)25(17(28)24-7-9-31(29,30)10-8-24)11-13-3-5-14(6-4-13)15(26)22-23-16(27)18(19,20)21/h3-6,12H,7-11H2,1-2H3,(H,22,26)(H,23,27). The average Bonchev–Trinajstić information content (AvgIpc) is 2.69. The predicted molar refractivity (Wildman–Crippen MR) is 104 cm³/mol. The Labute approximate surface area is 177 Å². The summed E-state index contributed by atoms with van der Waals surface area (Å²) in [6, 6.07) is 5.27. The summed E-state index contributed by atoms with van der Waals surface area (Å²) < 4.78 is 59.6. The highest BCUT2D eigenvalue weighted by Crippen LogP contribution is 2.16. The number of carbonyl (C=O) groups excluding carboxylic acids is 3. The molecule has 1 saturated heterocycles. The molecule has 0 aromatic heterocycles. The van der Waals surface area contributed by atoms with Gasteiger partial charge < -0.3 is 9.80 Å². The molecule has 0 atom stereocenters. The first kappa shape index (κ1) is 24.4. The van der Waals surface area contributed by atoms with Crippen LogP contribution in [0.1, 0.15) is 29.8 Å². The number of carbonyl (C=O) groups is 3. The highest BCUT2D eigenvalue weighted by molar-refractivity contribution is 7.91. The molecule has 172 valence electrons. The summed E-state index contributed by atoms with van der Waals surface area (Å²) >= 11 is 0. The van der Waals surface area contributed by atoms with E-state index in [4.69, 9.17) is 0 Å². The molecule has 1 heterocycles. The molecule has 9 nitrogen and oxygen atoms in total. The van der Waals surface area contributed by atoms with Crippen LogP contribution in [-0.2, 0) is 21.2 Å². The molecular weight excluding hydrogens is 441 g/mol. The SMILES string of the molecule is CC(C)N(Cc1ccc(C(=O)NNC(=O)C(F)(F)F)cc1)C(=O)N1CCS(=O)(=O)CC1. The molecule has 1 aliphatic rings. The summed E-state index contributed by atoms with van der Waals surface area (Å²) in [6.07, 6.45) is -5.12. The highest BCUT2D eigenvalue weighted by Gasteiger charge is 2.39. The van der Waals surface area contributed by atoms with Crippen LogP contribution in [0.15, 0.2) is 24.3 Å². The van der Waals surface area contributed by atoms with Gasteiger partial charge in [-0.15, -0.1) is 0 Å². The molecular formula is C18H23F3N4O5S. The van der Waals surface area contributed by atoms with Gasteiger partial charge in [-0.25, -0.2) is 13.2 Å². The predicted octanol–water partition coefficient (Wildman–Crippen LogP) is 1.07. The molecule has 1 aliphatic heterocycles. The second-order valence-electron chi connectivity index (χ2n) is 7.25. The van der Waals surface area contributed by atoms with Crippen LogP contribution in [0.2, 0.25) is 0 Å². The Kier molecular flexibility index (Phi) is 7.52. The Morgan fingerprint density at radius 3 is 2.10 bits per heavy atom. The smallest absolute Gasteiger partial charge is 0.323 e. The number of alkyl halides is 3. The van der Waals surface area contributed by atoms with Crippen LogP contribution in [0.3, 0.4) is 0 Å². The third kappa shape index (κ3) is 6.84. The minimum atomic E-state index is -5.12. The van der Waals surface area contributed by atoms with Crippen molar-refractivity contribution < 1.29 is 36.0 Å². The fourth-order valence-corrected chi connectivity index (χ4v) is 3.97. The van der Waals surface area contributed by atoms with Crippen LogP contribution in [0.25, 0.3) is 0 Å². The van der Waals surface area contributed by atoms with Gasteiger partial charge in [-0.3, -0.25) is 20.4 Å². The summed E-state index contributed by atoms with van der Waals surface area (Å²) in [7, 11) is -3.12. The quantitative estimate of drug-likeness (QED) is 0.647. The maximum atomic E-state index is 12.8. The van der Waals surface area contributed by atoms with Crippen molar-refractivity contribution in [2.24, 2.45) is 0 Å². The summed E-state index contributed by atoms with van der Waals surface area (Å²) in [5.74, 6) is -3.40. The van der Waals surface area contributed by atoms with Crippen LogP contribution in [0.4, 0.5) is 18.0 Å². The summed E-state index contributed by atoms with van der Waals surface area (Å²) in [6.45, 7) is 4.04. The zero-order valence-electron chi connectivity index (χ0n) is 16.9. The second kappa shape index (κ2) is 9.54. The average molecular weight is 464 g/mol. The van der Waals surface area contributed by atoms with Crippen molar-refractivity contribution in [3.63, 3.8) is 0 Å². The van der Waals surface area contributed by atoms with Crippen molar-refractivity contribution in [3.05, 3.63) is 35.4 Å². The van der Waals surface area contributed by atoms with E-state index in [-0.39, 0.29) is 48.8 Å². The van der Waals surface area contributed by atoms with E-state index in [2.05, 4.69) is 0 Å². The third-order valence-corrected chi connectivity index (χ3v) is 6.21. The molecule has 2 N–H and O–H groups in total. The molecule has 1 aromatic rings. The van der Waals surface area contributed by atoms with Gasteiger partial charge in [0.25, 0.3) is 5.91 Å². The molecule has 1 aromatic carbocycles. The van der Waals surface area contributed by atoms with Crippen LogP contribution >= 0.6 is 0 Å². The maximum Gasteiger partial charge on any atom is 0.472 e. The summed E-state index contributed by atoms with van der Waals surface area (Å²) in [5.41, 5.74) is 3.61. The maximum absolute atomic E-state index is 12.8. The molecule has 0 spiro atoms. The van der Waals surface area contributed by atoms with Crippen molar-refractivity contribution in [1.29, 1.82) is 0 Å². The molecule has 0 aliphatic carbocycles. The lowest BCUT2D eigenvalue weighted by Gasteiger charge is -2.35. The van der Waals surface area contributed by atoms with E-state index in [0.29, 0.717) is 5.56 Å². The van der Waals surface area contributed by atoms with Crippen molar-refractivity contribution in [2.45, 2.75) is 32.6 Å². The lowest BCUT2D eigenvalue weighted by Crippen LogP contribution is -2.51. The fourth-order valence-electron chi connectivity index (χ4n) is 2.77. The van der Waals surface area contributed by atoms with E-state index >= 15 is 0 Å². The Bertz CT molecular complexity index is 919. The number of amides is 4. The normalized spacial score (nSPS) is 16.0. The number of nitrogens with zero attached hydrogens (tertiary/aromatic N) is 2. The molecule has 1 fully saturated rings. The first-order chi connectivity index (χ1) is 14.3. The number of urea groups is 1. The van der Waals surface area contributed by atoms with Crippen molar-refractivity contribution >= 4 is 27.7 Å². The van der Waals surface area contributed by atoms with E-state index in [1.807, 2.05) is 13.8 Å². The van der Waals surface area contributed by atoms with Gasteiger partial charge in [0.1, 0.15) is 0 Å². The van der Waals surface area contributed by atoms with Gasteiger partial charge in [0.05, 0.1) is 11.5 Å². The topological polar surface area (TPSA) is 116 Å². The van der Waals surface area contributed by atoms with Crippen molar-refractivity contribution in [3.8, 4) is 0 Å². The van der Waals surface area contributed by atoms with E-state index in [0.717, 1.165) is 0 Å². The number of sulfone groups is 1. The number of benzene rings is 1. The zero-order valence-corrected chi connectivity index (χ0v) is 17.7. The second-order valence-corrected chi connectivity index (χ2v) is 9.55. The molecule has 0 unspecified atom stereocenters. The van der Waals surface area contributed by atoms with Gasteiger partial charge in [0.15, 0.2) is 9.84 Å².